The van der Waals surface area contributed by atoms with E-state index < -0.39 is 0 Å². The fraction of sp³-hybridized carbons (Fsp3) is 0.467. The zero-order chi connectivity index (χ0) is 13.7. The van der Waals surface area contributed by atoms with Crippen LogP contribution in [0.2, 0.25) is 0 Å². The number of hydrogen-bond acceptors (Lipinski definition) is 3. The average molecular weight is 260 g/mol. The van der Waals surface area contributed by atoms with Crippen molar-refractivity contribution in [2.45, 2.75) is 25.3 Å². The Morgan fingerprint density at radius 3 is 2.47 bits per heavy atom. The van der Waals surface area contributed by atoms with Crippen molar-refractivity contribution in [1.29, 1.82) is 0 Å². The maximum absolute atomic E-state index is 11.9. The number of rotatable bonds is 4. The van der Waals surface area contributed by atoms with Crippen LogP contribution in [0.15, 0.2) is 30.3 Å². The van der Waals surface area contributed by atoms with Gasteiger partial charge in [-0.3, -0.25) is 9.59 Å². The van der Waals surface area contributed by atoms with Crippen LogP contribution in [0.4, 0.5) is 0 Å². The maximum atomic E-state index is 11.9. The molecular formula is C15H20N2O2. The Morgan fingerprint density at radius 2 is 1.84 bits per heavy atom. The van der Waals surface area contributed by atoms with E-state index in [9.17, 15) is 9.59 Å². The Labute approximate surface area is 113 Å². The largest absolute Gasteiger partial charge is 0.353 e. The van der Waals surface area contributed by atoms with E-state index >= 15 is 0 Å². The number of benzene rings is 1. The SMILES string of the molecule is CN1CCC(NC(=O)CC(=O)c2ccccc2)CC1. The van der Waals surface area contributed by atoms with Gasteiger partial charge in [0.15, 0.2) is 5.78 Å². The van der Waals surface area contributed by atoms with Crippen LogP contribution < -0.4 is 5.32 Å². The molecule has 0 aliphatic carbocycles. The van der Waals surface area contributed by atoms with E-state index in [0.29, 0.717) is 5.56 Å². The van der Waals surface area contributed by atoms with Gasteiger partial charge in [0, 0.05) is 11.6 Å². The van der Waals surface area contributed by atoms with Crippen LogP contribution in [0.25, 0.3) is 0 Å². The maximum Gasteiger partial charge on any atom is 0.228 e. The summed E-state index contributed by atoms with van der Waals surface area (Å²) in [6.45, 7) is 2.00. The van der Waals surface area contributed by atoms with Gasteiger partial charge in [-0.05, 0) is 33.0 Å². The lowest BCUT2D eigenvalue weighted by Gasteiger charge is -2.29. The first-order valence-corrected chi connectivity index (χ1v) is 6.71. The van der Waals surface area contributed by atoms with Gasteiger partial charge in [-0.1, -0.05) is 30.3 Å². The summed E-state index contributed by atoms with van der Waals surface area (Å²) >= 11 is 0. The molecule has 0 spiro atoms. The van der Waals surface area contributed by atoms with Crippen molar-refractivity contribution in [2.75, 3.05) is 20.1 Å². The standard InChI is InChI=1S/C15H20N2O2/c1-17-9-7-13(8-10-17)16-15(19)11-14(18)12-5-3-2-4-6-12/h2-6,13H,7-11H2,1H3,(H,16,19). The second-order valence-electron chi connectivity index (χ2n) is 5.11. The van der Waals surface area contributed by atoms with Gasteiger partial charge in [0.2, 0.25) is 5.91 Å². The van der Waals surface area contributed by atoms with Crippen molar-refractivity contribution >= 4 is 11.7 Å². The fourth-order valence-corrected chi connectivity index (χ4v) is 2.30. The second-order valence-corrected chi connectivity index (χ2v) is 5.11. The van der Waals surface area contributed by atoms with Crippen molar-refractivity contribution in [3.63, 3.8) is 0 Å². The zero-order valence-corrected chi connectivity index (χ0v) is 11.3. The highest BCUT2D eigenvalue weighted by Crippen LogP contribution is 2.09. The van der Waals surface area contributed by atoms with Gasteiger partial charge in [0.1, 0.15) is 0 Å². The summed E-state index contributed by atoms with van der Waals surface area (Å²) in [5, 5.41) is 2.95. The van der Waals surface area contributed by atoms with Crippen LogP contribution in [-0.4, -0.2) is 42.8 Å². The molecule has 1 N–H and O–H groups in total. The van der Waals surface area contributed by atoms with Crippen LogP contribution in [0.1, 0.15) is 29.6 Å². The Kier molecular flexibility index (Phi) is 4.68. The average Bonchev–Trinajstić information content (AvgIpc) is 2.42. The first kappa shape index (κ1) is 13.7. The Hall–Kier alpha value is -1.68. The third-order valence-corrected chi connectivity index (χ3v) is 3.50. The molecule has 2 rings (SSSR count). The quantitative estimate of drug-likeness (QED) is 0.659. The van der Waals surface area contributed by atoms with E-state index in [1.165, 1.54) is 0 Å². The smallest absolute Gasteiger partial charge is 0.228 e. The normalized spacial score (nSPS) is 17.1. The van der Waals surface area contributed by atoms with Gasteiger partial charge in [0.05, 0.1) is 6.42 Å². The zero-order valence-electron chi connectivity index (χ0n) is 11.3. The molecule has 0 aromatic heterocycles. The molecule has 102 valence electrons. The summed E-state index contributed by atoms with van der Waals surface area (Å²) in [5.41, 5.74) is 0.598. The first-order chi connectivity index (χ1) is 9.15. The van der Waals surface area contributed by atoms with Gasteiger partial charge in [-0.15, -0.1) is 0 Å². The van der Waals surface area contributed by atoms with Crippen LogP contribution in [0.3, 0.4) is 0 Å². The molecule has 1 heterocycles. The number of likely N-dealkylation sites (tertiary alicyclic amines) is 1. The number of piperidine rings is 1. The Bertz CT molecular complexity index is 437. The van der Waals surface area contributed by atoms with Gasteiger partial charge in [0.25, 0.3) is 0 Å². The number of carbonyl (C=O) groups excluding carboxylic acids is 2. The molecule has 19 heavy (non-hydrogen) atoms. The molecule has 1 aliphatic rings. The van der Waals surface area contributed by atoms with Crippen LogP contribution in [-0.2, 0) is 4.79 Å². The van der Waals surface area contributed by atoms with Gasteiger partial charge in [-0.25, -0.2) is 0 Å². The van der Waals surface area contributed by atoms with Crippen LogP contribution in [0.5, 0.6) is 0 Å². The summed E-state index contributed by atoms with van der Waals surface area (Å²) in [6.07, 6.45) is 1.86. The molecule has 1 amide bonds. The van der Waals surface area contributed by atoms with E-state index in [0.717, 1.165) is 25.9 Å². The van der Waals surface area contributed by atoms with E-state index in [-0.39, 0.29) is 24.2 Å². The van der Waals surface area contributed by atoms with Crippen molar-refractivity contribution in [1.82, 2.24) is 10.2 Å². The number of ketones is 1. The Balaban J connectivity index is 1.80. The van der Waals surface area contributed by atoms with Crippen molar-refractivity contribution in [3.8, 4) is 0 Å². The second kappa shape index (κ2) is 6.48. The topological polar surface area (TPSA) is 49.4 Å². The third-order valence-electron chi connectivity index (χ3n) is 3.50. The molecule has 1 aromatic rings. The molecule has 1 fully saturated rings. The molecule has 1 aliphatic heterocycles. The predicted molar refractivity (Wildman–Crippen MR) is 74.1 cm³/mol. The summed E-state index contributed by atoms with van der Waals surface area (Å²) < 4.78 is 0. The van der Waals surface area contributed by atoms with Gasteiger partial charge < -0.3 is 10.2 Å². The minimum atomic E-state index is -0.164. The molecule has 4 heteroatoms. The number of carbonyl (C=O) groups is 2. The van der Waals surface area contributed by atoms with Crippen LogP contribution in [0, 0.1) is 0 Å². The monoisotopic (exact) mass is 260 g/mol. The molecule has 1 saturated heterocycles. The van der Waals surface area contributed by atoms with Gasteiger partial charge >= 0.3 is 0 Å². The minimum absolute atomic E-state index is 0.0592. The molecule has 1 aromatic carbocycles. The molecular weight excluding hydrogens is 240 g/mol. The molecule has 4 nitrogen and oxygen atoms in total. The van der Waals surface area contributed by atoms with Crippen molar-refractivity contribution < 1.29 is 9.59 Å². The highest BCUT2D eigenvalue weighted by Gasteiger charge is 2.19. The molecule has 0 saturated carbocycles. The lowest BCUT2D eigenvalue weighted by Crippen LogP contribution is -2.43. The fourth-order valence-electron chi connectivity index (χ4n) is 2.30. The summed E-state index contributed by atoms with van der Waals surface area (Å²) in [6, 6.07) is 9.17. The Morgan fingerprint density at radius 1 is 1.21 bits per heavy atom. The van der Waals surface area contributed by atoms with E-state index in [1.807, 2.05) is 18.2 Å². The molecule has 0 unspecified atom stereocenters. The minimum Gasteiger partial charge on any atom is -0.353 e. The van der Waals surface area contributed by atoms with Crippen LogP contribution >= 0.6 is 0 Å². The number of amides is 1. The third kappa shape index (κ3) is 4.17. The van der Waals surface area contributed by atoms with E-state index in [1.54, 1.807) is 12.1 Å². The van der Waals surface area contributed by atoms with Crippen molar-refractivity contribution in [2.24, 2.45) is 0 Å². The number of nitrogens with zero attached hydrogens (tertiary/aromatic N) is 1. The highest BCUT2D eigenvalue weighted by atomic mass is 16.2. The number of hydrogen-bond donors (Lipinski definition) is 1. The lowest BCUT2D eigenvalue weighted by atomic mass is 10.0. The predicted octanol–water partition coefficient (Wildman–Crippen LogP) is 1.47. The lowest BCUT2D eigenvalue weighted by molar-refractivity contribution is -0.121. The molecule has 0 atom stereocenters. The van der Waals surface area contributed by atoms with Crippen molar-refractivity contribution in [3.05, 3.63) is 35.9 Å². The van der Waals surface area contributed by atoms with E-state index in [4.69, 9.17) is 0 Å². The summed E-state index contributed by atoms with van der Waals surface area (Å²) in [5.74, 6) is -0.283. The molecule has 0 bridgehead atoms. The first-order valence-electron chi connectivity index (χ1n) is 6.71. The van der Waals surface area contributed by atoms with Gasteiger partial charge in [-0.2, -0.15) is 0 Å². The summed E-state index contributed by atoms with van der Waals surface area (Å²) in [7, 11) is 2.08. The number of Topliss-reactive ketones (excluding diaryl/α,β-unsaturated/α-hetero) is 1. The van der Waals surface area contributed by atoms with E-state index in [2.05, 4.69) is 17.3 Å². The number of nitrogens with one attached hydrogen (secondary N) is 1. The highest BCUT2D eigenvalue weighted by molar-refractivity contribution is 6.07. The molecule has 0 radical (unpaired) electrons. The summed E-state index contributed by atoms with van der Waals surface area (Å²) in [4.78, 5) is 26.0.